The van der Waals surface area contributed by atoms with E-state index < -0.39 is 0 Å². The third-order valence-electron chi connectivity index (χ3n) is 4.94. The number of amides is 1. The van der Waals surface area contributed by atoms with Crippen molar-refractivity contribution in [2.45, 2.75) is 33.0 Å². The van der Waals surface area contributed by atoms with Crippen LogP contribution in [-0.4, -0.2) is 30.3 Å². The van der Waals surface area contributed by atoms with Crippen LogP contribution in [0.1, 0.15) is 23.4 Å². The van der Waals surface area contributed by atoms with E-state index in [1.54, 1.807) is 24.8 Å². The number of hydrogen-bond donors (Lipinski definition) is 0. The van der Waals surface area contributed by atoms with Crippen LogP contribution < -0.4 is 0 Å². The van der Waals surface area contributed by atoms with E-state index in [0.717, 1.165) is 28.0 Å². The van der Waals surface area contributed by atoms with Crippen LogP contribution in [0.4, 0.5) is 0 Å². The Labute approximate surface area is 169 Å². The van der Waals surface area contributed by atoms with E-state index in [1.165, 1.54) is 0 Å². The second kappa shape index (κ2) is 8.65. The standard InChI is InChI=1S/C23H23N5O/c1-18-26-21-8-2-3-9-22(21)28(18)13-10-23(29)27(16-19-6-4-11-24-14-19)17-20-7-5-12-25-15-20/h2-9,11-12,14-15H,10,13,16-17H2,1H3. The minimum Gasteiger partial charge on any atom is -0.334 e. The molecule has 0 saturated heterocycles. The smallest absolute Gasteiger partial charge is 0.224 e. The van der Waals surface area contributed by atoms with Gasteiger partial charge in [0.05, 0.1) is 11.0 Å². The van der Waals surface area contributed by atoms with Crippen molar-refractivity contribution in [3.8, 4) is 0 Å². The first kappa shape index (κ1) is 18.8. The van der Waals surface area contributed by atoms with Gasteiger partial charge < -0.3 is 9.47 Å². The Morgan fingerprint density at radius 2 is 1.59 bits per heavy atom. The number of fused-ring (bicyclic) bond motifs is 1. The van der Waals surface area contributed by atoms with Gasteiger partial charge in [-0.15, -0.1) is 0 Å². The Morgan fingerprint density at radius 1 is 0.931 bits per heavy atom. The van der Waals surface area contributed by atoms with Gasteiger partial charge in [-0.25, -0.2) is 4.98 Å². The van der Waals surface area contributed by atoms with E-state index in [4.69, 9.17) is 0 Å². The molecule has 6 heteroatoms. The van der Waals surface area contributed by atoms with Crippen molar-refractivity contribution in [1.29, 1.82) is 0 Å². The summed E-state index contributed by atoms with van der Waals surface area (Å²) in [6, 6.07) is 15.8. The number of rotatable bonds is 7. The third kappa shape index (κ3) is 4.48. The summed E-state index contributed by atoms with van der Waals surface area (Å²) in [6.45, 7) is 3.62. The molecule has 0 aliphatic carbocycles. The highest BCUT2D eigenvalue weighted by atomic mass is 16.2. The molecule has 0 atom stereocenters. The Bertz CT molecular complexity index is 1050. The zero-order valence-electron chi connectivity index (χ0n) is 16.4. The number of benzene rings is 1. The summed E-state index contributed by atoms with van der Waals surface area (Å²) in [6.07, 6.45) is 7.49. The SMILES string of the molecule is Cc1nc2ccccc2n1CCC(=O)N(Cc1cccnc1)Cc1cccnc1. The van der Waals surface area contributed by atoms with Gasteiger partial charge in [0.2, 0.25) is 5.91 Å². The van der Waals surface area contributed by atoms with E-state index in [9.17, 15) is 4.79 Å². The number of aromatic nitrogens is 4. The molecule has 0 unspecified atom stereocenters. The van der Waals surface area contributed by atoms with Crippen LogP contribution in [0.3, 0.4) is 0 Å². The zero-order chi connectivity index (χ0) is 20.1. The average molecular weight is 385 g/mol. The predicted molar refractivity (Wildman–Crippen MR) is 112 cm³/mol. The summed E-state index contributed by atoms with van der Waals surface area (Å²) >= 11 is 0. The van der Waals surface area contributed by atoms with Crippen molar-refractivity contribution < 1.29 is 4.79 Å². The largest absolute Gasteiger partial charge is 0.334 e. The van der Waals surface area contributed by atoms with Gasteiger partial charge in [0.15, 0.2) is 0 Å². The van der Waals surface area contributed by atoms with E-state index in [1.807, 2.05) is 60.4 Å². The Morgan fingerprint density at radius 3 is 2.21 bits per heavy atom. The number of pyridine rings is 2. The number of carbonyl (C=O) groups excluding carboxylic acids is 1. The maximum atomic E-state index is 13.1. The lowest BCUT2D eigenvalue weighted by atomic mass is 10.2. The highest BCUT2D eigenvalue weighted by Gasteiger charge is 2.16. The number of para-hydroxylation sites is 2. The zero-order valence-corrected chi connectivity index (χ0v) is 16.4. The van der Waals surface area contributed by atoms with Gasteiger partial charge in [-0.3, -0.25) is 14.8 Å². The summed E-state index contributed by atoms with van der Waals surface area (Å²) in [7, 11) is 0. The predicted octanol–water partition coefficient (Wildman–Crippen LogP) is 3.75. The molecule has 1 aromatic carbocycles. The van der Waals surface area contributed by atoms with Gasteiger partial charge in [-0.05, 0) is 42.3 Å². The molecule has 0 fully saturated rings. The number of hydrogen-bond acceptors (Lipinski definition) is 4. The van der Waals surface area contributed by atoms with E-state index in [0.29, 0.717) is 26.1 Å². The van der Waals surface area contributed by atoms with E-state index in [2.05, 4.69) is 19.5 Å². The molecule has 4 rings (SSSR count). The third-order valence-corrected chi connectivity index (χ3v) is 4.94. The lowest BCUT2D eigenvalue weighted by Crippen LogP contribution is -2.31. The Kier molecular flexibility index (Phi) is 5.61. The van der Waals surface area contributed by atoms with Crippen LogP contribution in [0.2, 0.25) is 0 Å². The van der Waals surface area contributed by atoms with Gasteiger partial charge in [0.1, 0.15) is 5.82 Å². The second-order valence-electron chi connectivity index (χ2n) is 7.02. The minimum absolute atomic E-state index is 0.0925. The highest BCUT2D eigenvalue weighted by Crippen LogP contribution is 2.17. The summed E-state index contributed by atoms with van der Waals surface area (Å²) in [5.74, 6) is 1.01. The molecule has 0 radical (unpaired) electrons. The number of nitrogens with zero attached hydrogens (tertiary/aromatic N) is 5. The molecule has 0 saturated carbocycles. The lowest BCUT2D eigenvalue weighted by Gasteiger charge is -2.23. The van der Waals surface area contributed by atoms with Crippen LogP contribution in [0.25, 0.3) is 11.0 Å². The molecule has 0 aliphatic rings. The van der Waals surface area contributed by atoms with Crippen LogP contribution >= 0.6 is 0 Å². The maximum absolute atomic E-state index is 13.1. The fourth-order valence-corrected chi connectivity index (χ4v) is 3.50. The molecule has 6 nitrogen and oxygen atoms in total. The van der Waals surface area contributed by atoms with E-state index >= 15 is 0 Å². The highest BCUT2D eigenvalue weighted by molar-refractivity contribution is 5.78. The molecule has 29 heavy (non-hydrogen) atoms. The molecule has 0 aliphatic heterocycles. The molecule has 146 valence electrons. The normalized spacial score (nSPS) is 10.9. The van der Waals surface area contributed by atoms with Gasteiger partial charge in [-0.2, -0.15) is 0 Å². The van der Waals surface area contributed by atoms with Crippen LogP contribution in [-0.2, 0) is 24.4 Å². The minimum atomic E-state index is 0.0925. The van der Waals surface area contributed by atoms with Crippen LogP contribution in [0.15, 0.2) is 73.3 Å². The maximum Gasteiger partial charge on any atom is 0.224 e. The first-order chi connectivity index (χ1) is 14.2. The van der Waals surface area contributed by atoms with Crippen molar-refractivity contribution >= 4 is 16.9 Å². The Hall–Kier alpha value is -3.54. The van der Waals surface area contributed by atoms with Crippen molar-refractivity contribution in [1.82, 2.24) is 24.4 Å². The number of carbonyl (C=O) groups is 1. The van der Waals surface area contributed by atoms with Crippen molar-refractivity contribution in [2.75, 3.05) is 0 Å². The molecule has 0 N–H and O–H groups in total. The Balaban J connectivity index is 1.51. The monoisotopic (exact) mass is 385 g/mol. The average Bonchev–Trinajstić information content (AvgIpc) is 3.08. The molecule has 3 aromatic heterocycles. The lowest BCUT2D eigenvalue weighted by molar-refractivity contribution is -0.132. The van der Waals surface area contributed by atoms with Gasteiger partial charge in [0, 0.05) is 50.8 Å². The first-order valence-electron chi connectivity index (χ1n) is 9.68. The van der Waals surface area contributed by atoms with E-state index in [-0.39, 0.29) is 5.91 Å². The molecule has 0 spiro atoms. The molecular formula is C23H23N5O. The quantitative estimate of drug-likeness (QED) is 0.486. The summed E-state index contributed by atoms with van der Waals surface area (Å²) in [5.41, 5.74) is 4.03. The number of imidazole rings is 1. The molecule has 1 amide bonds. The first-order valence-corrected chi connectivity index (χ1v) is 9.68. The van der Waals surface area contributed by atoms with Crippen molar-refractivity contribution in [3.63, 3.8) is 0 Å². The summed E-state index contributed by atoms with van der Waals surface area (Å²) < 4.78 is 2.11. The fraction of sp³-hybridized carbons (Fsp3) is 0.217. The van der Waals surface area contributed by atoms with Crippen LogP contribution in [0, 0.1) is 6.92 Å². The number of aryl methyl sites for hydroxylation is 2. The van der Waals surface area contributed by atoms with Gasteiger partial charge in [0.25, 0.3) is 0 Å². The topological polar surface area (TPSA) is 63.9 Å². The van der Waals surface area contributed by atoms with Crippen molar-refractivity contribution in [3.05, 3.63) is 90.3 Å². The molecule has 0 bridgehead atoms. The summed E-state index contributed by atoms with van der Waals surface area (Å²) in [5, 5.41) is 0. The molecule has 3 heterocycles. The molecular weight excluding hydrogens is 362 g/mol. The summed E-state index contributed by atoms with van der Waals surface area (Å²) in [4.78, 5) is 28.0. The van der Waals surface area contributed by atoms with Gasteiger partial charge >= 0.3 is 0 Å². The fourth-order valence-electron chi connectivity index (χ4n) is 3.50. The van der Waals surface area contributed by atoms with Crippen LogP contribution in [0.5, 0.6) is 0 Å². The van der Waals surface area contributed by atoms with Gasteiger partial charge in [-0.1, -0.05) is 24.3 Å². The molecule has 4 aromatic rings. The van der Waals surface area contributed by atoms with Crippen molar-refractivity contribution in [2.24, 2.45) is 0 Å². The second-order valence-corrected chi connectivity index (χ2v) is 7.02.